The van der Waals surface area contributed by atoms with Crippen LogP contribution in [0.25, 0.3) is 0 Å². The number of carboxylic acids is 2. The molecule has 6 nitrogen and oxygen atoms in total. The van der Waals surface area contributed by atoms with E-state index >= 15 is 0 Å². The molecule has 4 N–H and O–H groups in total. The second-order valence-corrected chi connectivity index (χ2v) is 2.03. The number of aliphatic carboxylic acids is 2. The zero-order valence-corrected chi connectivity index (χ0v) is 6.76. The molecule has 0 heterocycles. The van der Waals surface area contributed by atoms with Gasteiger partial charge in [0.25, 0.3) is 0 Å². The van der Waals surface area contributed by atoms with E-state index in [1.165, 1.54) is 13.8 Å². The van der Waals surface area contributed by atoms with Gasteiger partial charge in [-0.25, -0.2) is 9.59 Å². The van der Waals surface area contributed by atoms with Crippen LogP contribution < -0.4 is 0 Å². The molecular formula is C6H13NaO6. The molecule has 0 saturated carbocycles. The fourth-order valence-corrected chi connectivity index (χ4v) is 0. The fraction of sp³-hybridized carbons (Fsp3) is 0.667. The van der Waals surface area contributed by atoms with Crippen molar-refractivity contribution in [1.82, 2.24) is 0 Å². The number of aliphatic hydroxyl groups excluding tert-OH is 2. The molecule has 74 valence electrons. The molecule has 0 spiro atoms. The van der Waals surface area contributed by atoms with Gasteiger partial charge in [-0.15, -0.1) is 0 Å². The molecule has 2 atom stereocenters. The number of aliphatic hydroxyl groups is 2. The van der Waals surface area contributed by atoms with E-state index in [-0.39, 0.29) is 29.6 Å². The summed E-state index contributed by atoms with van der Waals surface area (Å²) in [7, 11) is 0. The van der Waals surface area contributed by atoms with Gasteiger partial charge in [0.05, 0.1) is 0 Å². The van der Waals surface area contributed by atoms with E-state index in [2.05, 4.69) is 0 Å². The summed E-state index contributed by atoms with van der Waals surface area (Å²) < 4.78 is 0. The molecule has 7 heteroatoms. The predicted molar refractivity (Wildman–Crippen MR) is 45.8 cm³/mol. The summed E-state index contributed by atoms with van der Waals surface area (Å²) in [5.41, 5.74) is 0. The zero-order valence-electron chi connectivity index (χ0n) is 6.76. The van der Waals surface area contributed by atoms with Gasteiger partial charge in [-0.1, -0.05) is 0 Å². The van der Waals surface area contributed by atoms with Gasteiger partial charge in [-0.05, 0) is 13.8 Å². The maximum absolute atomic E-state index is 9.45. The van der Waals surface area contributed by atoms with E-state index in [4.69, 9.17) is 20.4 Å². The van der Waals surface area contributed by atoms with Crippen LogP contribution in [0.15, 0.2) is 0 Å². The van der Waals surface area contributed by atoms with Crippen LogP contribution in [-0.4, -0.2) is 74.1 Å². The third-order valence-electron chi connectivity index (χ3n) is 0.715. The summed E-state index contributed by atoms with van der Waals surface area (Å²) >= 11 is 0. The number of hydrogen-bond donors (Lipinski definition) is 4. The molecule has 0 rings (SSSR count). The summed E-state index contributed by atoms with van der Waals surface area (Å²) in [4.78, 5) is 18.9. The Morgan fingerprint density at radius 2 is 1.00 bits per heavy atom. The minimum absolute atomic E-state index is 0. The molecule has 0 amide bonds. The normalized spacial score (nSPS) is 12.6. The molecule has 0 aliphatic heterocycles. The first-order chi connectivity index (χ1) is 5.29. The van der Waals surface area contributed by atoms with Gasteiger partial charge in [0.2, 0.25) is 0 Å². The Balaban J connectivity index is -0.000000143. The Morgan fingerprint density at radius 1 is 0.923 bits per heavy atom. The first-order valence-electron chi connectivity index (χ1n) is 3.10. The first-order valence-corrected chi connectivity index (χ1v) is 3.10. The molecule has 0 aromatic rings. The van der Waals surface area contributed by atoms with Gasteiger partial charge in [-0.2, -0.15) is 0 Å². The Hall–Kier alpha value is -0.140. The maximum atomic E-state index is 9.45. The topological polar surface area (TPSA) is 115 Å². The summed E-state index contributed by atoms with van der Waals surface area (Å²) in [5, 5.41) is 31.5. The molecule has 0 bridgehead atoms. The van der Waals surface area contributed by atoms with Crippen LogP contribution in [0.1, 0.15) is 13.8 Å². The molecule has 1 unspecified atom stereocenters. The van der Waals surface area contributed by atoms with Gasteiger partial charge < -0.3 is 20.4 Å². The number of rotatable bonds is 2. The van der Waals surface area contributed by atoms with E-state index in [0.29, 0.717) is 0 Å². The van der Waals surface area contributed by atoms with E-state index < -0.39 is 24.1 Å². The molecule has 0 aromatic heterocycles. The molecule has 0 aromatic carbocycles. The zero-order chi connectivity index (χ0) is 10.3. The number of carboxylic acid groups (broad SMARTS) is 2. The molecule has 13 heavy (non-hydrogen) atoms. The van der Waals surface area contributed by atoms with Crippen molar-refractivity contribution in [2.24, 2.45) is 0 Å². The molecule has 0 saturated heterocycles. The van der Waals surface area contributed by atoms with Crippen molar-refractivity contribution >= 4 is 41.5 Å². The van der Waals surface area contributed by atoms with Crippen molar-refractivity contribution < 1.29 is 30.0 Å². The van der Waals surface area contributed by atoms with Gasteiger partial charge in [0.1, 0.15) is 12.2 Å². The SMILES string of the molecule is CC(O)C(=O)O.C[C@@H](O)C(=O)O.[NaH]. The van der Waals surface area contributed by atoms with Crippen molar-refractivity contribution in [2.75, 3.05) is 0 Å². The van der Waals surface area contributed by atoms with E-state index in [1.807, 2.05) is 0 Å². The average molecular weight is 204 g/mol. The molecule has 0 radical (unpaired) electrons. The van der Waals surface area contributed by atoms with Crippen molar-refractivity contribution in [1.29, 1.82) is 0 Å². The van der Waals surface area contributed by atoms with Crippen molar-refractivity contribution in [3.8, 4) is 0 Å². The second-order valence-electron chi connectivity index (χ2n) is 2.03. The molecule has 0 aliphatic carbocycles. The van der Waals surface area contributed by atoms with Crippen LogP contribution in [0.2, 0.25) is 0 Å². The van der Waals surface area contributed by atoms with Crippen LogP contribution >= 0.6 is 0 Å². The van der Waals surface area contributed by atoms with Crippen LogP contribution in [-0.2, 0) is 9.59 Å². The van der Waals surface area contributed by atoms with E-state index in [1.54, 1.807) is 0 Å². The van der Waals surface area contributed by atoms with E-state index in [0.717, 1.165) is 0 Å². The van der Waals surface area contributed by atoms with Gasteiger partial charge in [0, 0.05) is 0 Å². The molecule has 0 fully saturated rings. The monoisotopic (exact) mass is 204 g/mol. The van der Waals surface area contributed by atoms with Gasteiger partial charge in [-0.3, -0.25) is 0 Å². The van der Waals surface area contributed by atoms with Gasteiger partial charge in [0.15, 0.2) is 0 Å². The Labute approximate surface area is 97.5 Å². The standard InChI is InChI=1S/2C3H6O3.Na.H/c2*1-2(4)3(5)6;;/h2*2,4H,1H3,(H,5,6);;/t2-;;;/m1.../s1. The van der Waals surface area contributed by atoms with Crippen LogP contribution in [0.3, 0.4) is 0 Å². The minimum atomic E-state index is -1.23. The van der Waals surface area contributed by atoms with Crippen molar-refractivity contribution in [2.45, 2.75) is 26.1 Å². The van der Waals surface area contributed by atoms with Crippen LogP contribution in [0.4, 0.5) is 0 Å². The number of carbonyl (C=O) groups is 2. The van der Waals surface area contributed by atoms with E-state index in [9.17, 15) is 9.59 Å². The van der Waals surface area contributed by atoms with Crippen molar-refractivity contribution in [3.63, 3.8) is 0 Å². The second kappa shape index (κ2) is 9.94. The molecule has 0 aliphatic rings. The Morgan fingerprint density at radius 3 is 1.00 bits per heavy atom. The summed E-state index contributed by atoms with van der Waals surface area (Å²) in [5.74, 6) is -2.37. The third kappa shape index (κ3) is 18.7. The van der Waals surface area contributed by atoms with Crippen molar-refractivity contribution in [3.05, 3.63) is 0 Å². The summed E-state index contributed by atoms with van der Waals surface area (Å²) in [6.45, 7) is 2.39. The number of hydrogen-bond acceptors (Lipinski definition) is 4. The van der Waals surface area contributed by atoms with Gasteiger partial charge >= 0.3 is 41.5 Å². The Kier molecular flexibility index (Phi) is 14.2. The summed E-state index contributed by atoms with van der Waals surface area (Å²) in [6.07, 6.45) is -2.46. The quantitative estimate of drug-likeness (QED) is 0.397. The van der Waals surface area contributed by atoms with Crippen LogP contribution in [0.5, 0.6) is 0 Å². The fourth-order valence-electron chi connectivity index (χ4n) is 0. The molecular weight excluding hydrogens is 191 g/mol. The summed E-state index contributed by atoms with van der Waals surface area (Å²) in [6, 6.07) is 0. The van der Waals surface area contributed by atoms with Crippen LogP contribution in [0, 0.1) is 0 Å². The Bertz CT molecular complexity index is 137. The predicted octanol–water partition coefficient (Wildman–Crippen LogP) is -1.74. The third-order valence-corrected chi connectivity index (χ3v) is 0.715. The first kappa shape index (κ1) is 18.6. The average Bonchev–Trinajstić information content (AvgIpc) is 1.88.